The minimum absolute atomic E-state index is 0. The van der Waals surface area contributed by atoms with Crippen LogP contribution in [-0.4, -0.2) is 18.9 Å². The van der Waals surface area contributed by atoms with Crippen LogP contribution in [0.5, 0.6) is 0 Å². The molecule has 0 N–H and O–H groups in total. The zero-order valence-electron chi connectivity index (χ0n) is 5.35. The van der Waals surface area contributed by atoms with Crippen LogP contribution in [0.25, 0.3) is 0 Å². The van der Waals surface area contributed by atoms with Crippen molar-refractivity contribution in [1.29, 1.82) is 0 Å². The van der Waals surface area contributed by atoms with E-state index in [1.54, 1.807) is 5.57 Å². The SMILES string of the molecule is CCCC1=CC=CC1.[LiH]. The van der Waals surface area contributed by atoms with Gasteiger partial charge in [-0.1, -0.05) is 37.1 Å². The molecule has 0 unspecified atom stereocenters. The number of allylic oxidation sites excluding steroid dienone is 4. The fourth-order valence-corrected chi connectivity index (χ4v) is 0.998. The van der Waals surface area contributed by atoms with Crippen LogP contribution >= 0.6 is 0 Å². The van der Waals surface area contributed by atoms with Crippen LogP contribution in [0.2, 0.25) is 0 Å². The monoisotopic (exact) mass is 116 g/mol. The Bertz CT molecular complexity index is 123. The Hall–Kier alpha value is 0.0774. The van der Waals surface area contributed by atoms with Crippen LogP contribution in [0.3, 0.4) is 0 Å². The van der Waals surface area contributed by atoms with Gasteiger partial charge in [0.1, 0.15) is 0 Å². The second-order valence-corrected chi connectivity index (χ2v) is 2.21. The summed E-state index contributed by atoms with van der Waals surface area (Å²) in [6.07, 6.45) is 10.4. The summed E-state index contributed by atoms with van der Waals surface area (Å²) < 4.78 is 0. The Balaban J connectivity index is 0.000000640. The molecule has 1 rings (SSSR count). The van der Waals surface area contributed by atoms with Crippen molar-refractivity contribution in [2.24, 2.45) is 0 Å². The summed E-state index contributed by atoms with van der Waals surface area (Å²) in [5.41, 5.74) is 1.59. The van der Waals surface area contributed by atoms with Crippen molar-refractivity contribution in [3.05, 3.63) is 23.8 Å². The Labute approximate surface area is 69.2 Å². The van der Waals surface area contributed by atoms with Crippen molar-refractivity contribution >= 4 is 18.9 Å². The average Bonchev–Trinajstić information content (AvgIpc) is 2.19. The third kappa shape index (κ3) is 2.94. The second-order valence-electron chi connectivity index (χ2n) is 2.21. The minimum atomic E-state index is 0. The van der Waals surface area contributed by atoms with Gasteiger partial charge in [0.25, 0.3) is 0 Å². The van der Waals surface area contributed by atoms with Gasteiger partial charge in [-0.2, -0.15) is 0 Å². The van der Waals surface area contributed by atoms with Crippen molar-refractivity contribution in [1.82, 2.24) is 0 Å². The maximum atomic E-state index is 2.23. The Morgan fingerprint density at radius 3 is 2.78 bits per heavy atom. The van der Waals surface area contributed by atoms with E-state index in [2.05, 4.69) is 25.2 Å². The summed E-state index contributed by atoms with van der Waals surface area (Å²) in [5, 5.41) is 0. The van der Waals surface area contributed by atoms with E-state index < -0.39 is 0 Å². The third-order valence-electron chi connectivity index (χ3n) is 1.42. The molecule has 9 heavy (non-hydrogen) atoms. The van der Waals surface area contributed by atoms with E-state index in [0.717, 1.165) is 0 Å². The molecule has 0 aromatic carbocycles. The Morgan fingerprint density at radius 2 is 2.33 bits per heavy atom. The Kier molecular flexibility index (Phi) is 4.95. The molecule has 0 radical (unpaired) electrons. The summed E-state index contributed by atoms with van der Waals surface area (Å²) >= 11 is 0. The summed E-state index contributed by atoms with van der Waals surface area (Å²) in [6.45, 7) is 2.22. The van der Waals surface area contributed by atoms with Gasteiger partial charge in [0.2, 0.25) is 0 Å². The van der Waals surface area contributed by atoms with E-state index in [1.165, 1.54) is 19.3 Å². The van der Waals surface area contributed by atoms with E-state index in [-0.39, 0.29) is 18.9 Å². The predicted octanol–water partition coefficient (Wildman–Crippen LogP) is 2.02. The standard InChI is InChI=1S/C8H12.Li.H/c1-2-5-8-6-3-4-7-8;;/h3-4,6H,2,5,7H2,1H3;;. The van der Waals surface area contributed by atoms with Crippen molar-refractivity contribution in [2.45, 2.75) is 26.2 Å². The number of rotatable bonds is 2. The van der Waals surface area contributed by atoms with Crippen molar-refractivity contribution in [2.75, 3.05) is 0 Å². The van der Waals surface area contributed by atoms with Crippen LogP contribution in [-0.2, 0) is 0 Å². The van der Waals surface area contributed by atoms with E-state index in [9.17, 15) is 0 Å². The van der Waals surface area contributed by atoms with Crippen molar-refractivity contribution in [3.8, 4) is 0 Å². The molecule has 0 spiro atoms. The van der Waals surface area contributed by atoms with Gasteiger partial charge in [0.15, 0.2) is 0 Å². The first-order valence-electron chi connectivity index (χ1n) is 3.28. The van der Waals surface area contributed by atoms with Crippen LogP contribution in [0, 0.1) is 0 Å². The van der Waals surface area contributed by atoms with Gasteiger partial charge in [-0.15, -0.1) is 0 Å². The first kappa shape index (κ1) is 9.08. The molecular weight excluding hydrogens is 103 g/mol. The number of hydrogen-bond acceptors (Lipinski definition) is 0. The molecule has 1 aliphatic rings. The molecule has 0 saturated heterocycles. The molecule has 0 saturated carbocycles. The molecule has 1 aliphatic carbocycles. The first-order valence-corrected chi connectivity index (χ1v) is 3.28. The van der Waals surface area contributed by atoms with Gasteiger partial charge >= 0.3 is 18.9 Å². The summed E-state index contributed by atoms with van der Waals surface area (Å²) in [5.74, 6) is 0. The third-order valence-corrected chi connectivity index (χ3v) is 1.42. The van der Waals surface area contributed by atoms with E-state index >= 15 is 0 Å². The fourth-order valence-electron chi connectivity index (χ4n) is 0.998. The van der Waals surface area contributed by atoms with Crippen LogP contribution in [0.15, 0.2) is 23.8 Å². The summed E-state index contributed by atoms with van der Waals surface area (Å²) in [6, 6.07) is 0. The number of hydrogen-bond donors (Lipinski definition) is 0. The molecule has 0 aromatic rings. The van der Waals surface area contributed by atoms with Crippen LogP contribution in [0.1, 0.15) is 26.2 Å². The van der Waals surface area contributed by atoms with Gasteiger partial charge in [-0.05, 0) is 12.8 Å². The summed E-state index contributed by atoms with van der Waals surface area (Å²) in [4.78, 5) is 0. The molecule has 0 atom stereocenters. The molecule has 0 fully saturated rings. The van der Waals surface area contributed by atoms with Gasteiger partial charge in [-0.3, -0.25) is 0 Å². The van der Waals surface area contributed by atoms with Crippen LogP contribution in [0.4, 0.5) is 0 Å². The average molecular weight is 116 g/mol. The predicted molar refractivity (Wildman–Crippen MR) is 43.9 cm³/mol. The maximum absolute atomic E-state index is 2.23. The molecule has 0 aromatic heterocycles. The molecule has 0 aliphatic heterocycles. The van der Waals surface area contributed by atoms with E-state index in [0.29, 0.717) is 0 Å². The molecule has 0 amide bonds. The van der Waals surface area contributed by atoms with Gasteiger partial charge < -0.3 is 0 Å². The topological polar surface area (TPSA) is 0 Å². The molecule has 46 valence electrons. The molecule has 1 heteroatoms. The molecule has 0 nitrogen and oxygen atoms in total. The molecule has 0 bridgehead atoms. The van der Waals surface area contributed by atoms with Crippen LogP contribution < -0.4 is 0 Å². The van der Waals surface area contributed by atoms with Crippen molar-refractivity contribution in [3.63, 3.8) is 0 Å². The van der Waals surface area contributed by atoms with E-state index in [1.807, 2.05) is 0 Å². The van der Waals surface area contributed by atoms with Gasteiger partial charge in [0, 0.05) is 0 Å². The normalized spacial score (nSPS) is 15.0. The van der Waals surface area contributed by atoms with E-state index in [4.69, 9.17) is 0 Å². The first-order chi connectivity index (χ1) is 3.93. The zero-order valence-corrected chi connectivity index (χ0v) is 5.35. The zero-order chi connectivity index (χ0) is 5.82. The Morgan fingerprint density at radius 1 is 1.56 bits per heavy atom. The quantitative estimate of drug-likeness (QED) is 0.484. The molecule has 0 heterocycles. The van der Waals surface area contributed by atoms with Crippen molar-refractivity contribution < 1.29 is 0 Å². The second kappa shape index (κ2) is 4.91. The van der Waals surface area contributed by atoms with Gasteiger partial charge in [-0.25, -0.2) is 0 Å². The molecular formula is C8H13Li. The van der Waals surface area contributed by atoms with Gasteiger partial charge in [0.05, 0.1) is 0 Å². The summed E-state index contributed by atoms with van der Waals surface area (Å²) in [7, 11) is 0. The fraction of sp³-hybridized carbons (Fsp3) is 0.500.